The van der Waals surface area contributed by atoms with Gasteiger partial charge in [0, 0.05) is 12.7 Å². The molecule has 2 aromatic rings. The molecule has 0 aliphatic carbocycles. The maximum atomic E-state index is 12.3. The predicted octanol–water partition coefficient (Wildman–Crippen LogP) is 4.27. The monoisotopic (exact) mass is 339 g/mol. The molecule has 2 aromatic carbocycles. The Labute approximate surface area is 138 Å². The third-order valence-corrected chi connectivity index (χ3v) is 3.60. The van der Waals surface area contributed by atoms with Gasteiger partial charge in [-0.3, -0.25) is 4.79 Å². The highest BCUT2D eigenvalue weighted by molar-refractivity contribution is 6.42. The number of anilines is 1. The normalized spacial score (nSPS) is 10.3. The van der Waals surface area contributed by atoms with E-state index in [0.29, 0.717) is 40.3 Å². The number of hydrogen-bond donors (Lipinski definition) is 1. The zero-order chi connectivity index (χ0) is 15.9. The molecule has 2 rings (SSSR count). The van der Waals surface area contributed by atoms with Crippen molar-refractivity contribution in [2.75, 3.05) is 25.6 Å². The summed E-state index contributed by atoms with van der Waals surface area (Å²) in [5.74, 6) is 0.286. The number of halogens is 2. The number of nitrogens with one attached hydrogen (secondary N) is 1. The highest BCUT2D eigenvalue weighted by atomic mass is 35.5. The van der Waals surface area contributed by atoms with Crippen LogP contribution in [0.25, 0.3) is 0 Å². The summed E-state index contributed by atoms with van der Waals surface area (Å²) < 4.78 is 10.5. The Kier molecular flexibility index (Phi) is 6.07. The Morgan fingerprint density at radius 2 is 1.86 bits per heavy atom. The van der Waals surface area contributed by atoms with Crippen molar-refractivity contribution in [3.8, 4) is 5.75 Å². The summed E-state index contributed by atoms with van der Waals surface area (Å²) in [5.41, 5.74) is 0.996. The summed E-state index contributed by atoms with van der Waals surface area (Å²) in [6, 6.07) is 11.9. The third-order valence-electron chi connectivity index (χ3n) is 2.86. The van der Waals surface area contributed by atoms with Gasteiger partial charge < -0.3 is 14.8 Å². The molecule has 0 fully saturated rings. The van der Waals surface area contributed by atoms with Gasteiger partial charge in [-0.2, -0.15) is 0 Å². The number of carbonyl (C=O) groups is 1. The van der Waals surface area contributed by atoms with Crippen LogP contribution in [0.4, 0.5) is 5.69 Å². The molecule has 4 nitrogen and oxygen atoms in total. The summed E-state index contributed by atoms with van der Waals surface area (Å²) in [4.78, 5) is 12.3. The molecule has 0 unspecified atom stereocenters. The molecule has 0 aliphatic rings. The van der Waals surface area contributed by atoms with Gasteiger partial charge in [-0.25, -0.2) is 0 Å². The Morgan fingerprint density at radius 1 is 1.09 bits per heavy atom. The summed E-state index contributed by atoms with van der Waals surface area (Å²) in [6.07, 6.45) is 0. The van der Waals surface area contributed by atoms with Crippen molar-refractivity contribution >= 4 is 34.8 Å². The molecule has 0 aliphatic heterocycles. The van der Waals surface area contributed by atoms with Gasteiger partial charge in [-0.1, -0.05) is 35.3 Å². The van der Waals surface area contributed by atoms with Crippen LogP contribution < -0.4 is 10.1 Å². The summed E-state index contributed by atoms with van der Waals surface area (Å²) in [7, 11) is 1.60. The fourth-order valence-corrected chi connectivity index (χ4v) is 2.06. The SMILES string of the molecule is COCCOc1ccccc1NC(=O)c1ccc(Cl)c(Cl)c1. The molecule has 0 atom stereocenters. The van der Waals surface area contributed by atoms with Crippen LogP contribution in [0.2, 0.25) is 10.0 Å². The smallest absolute Gasteiger partial charge is 0.255 e. The van der Waals surface area contributed by atoms with Gasteiger partial charge in [0.25, 0.3) is 5.91 Å². The van der Waals surface area contributed by atoms with E-state index in [9.17, 15) is 4.79 Å². The van der Waals surface area contributed by atoms with E-state index in [1.165, 1.54) is 6.07 Å². The van der Waals surface area contributed by atoms with Crippen molar-refractivity contribution in [3.05, 3.63) is 58.1 Å². The number of methoxy groups -OCH3 is 1. The van der Waals surface area contributed by atoms with Crippen molar-refractivity contribution < 1.29 is 14.3 Å². The molecule has 1 amide bonds. The highest BCUT2D eigenvalue weighted by Gasteiger charge is 2.11. The van der Waals surface area contributed by atoms with Crippen LogP contribution in [0.3, 0.4) is 0 Å². The molecule has 6 heteroatoms. The zero-order valence-corrected chi connectivity index (χ0v) is 13.4. The van der Waals surface area contributed by atoms with Crippen LogP contribution in [-0.2, 0) is 4.74 Å². The number of carbonyl (C=O) groups excluding carboxylic acids is 1. The van der Waals surface area contributed by atoms with Crippen LogP contribution >= 0.6 is 23.2 Å². The Balaban J connectivity index is 2.12. The summed E-state index contributed by atoms with van der Waals surface area (Å²) in [6.45, 7) is 0.866. The molecule has 22 heavy (non-hydrogen) atoms. The molecule has 0 aromatic heterocycles. The Hall–Kier alpha value is -1.75. The van der Waals surface area contributed by atoms with Gasteiger partial charge in [-0.15, -0.1) is 0 Å². The van der Waals surface area contributed by atoms with E-state index >= 15 is 0 Å². The summed E-state index contributed by atoms with van der Waals surface area (Å²) >= 11 is 11.8. The van der Waals surface area contributed by atoms with Crippen molar-refractivity contribution in [2.24, 2.45) is 0 Å². The molecular formula is C16H15Cl2NO3. The number of benzene rings is 2. The van der Waals surface area contributed by atoms with Crippen molar-refractivity contribution in [1.29, 1.82) is 0 Å². The van der Waals surface area contributed by atoms with Crippen molar-refractivity contribution in [1.82, 2.24) is 0 Å². The van der Waals surface area contributed by atoms with Crippen LogP contribution in [-0.4, -0.2) is 26.2 Å². The number of hydrogen-bond acceptors (Lipinski definition) is 3. The fourth-order valence-electron chi connectivity index (χ4n) is 1.76. The Bertz CT molecular complexity index is 662. The minimum absolute atomic E-state index is 0.290. The summed E-state index contributed by atoms with van der Waals surface area (Å²) in [5, 5.41) is 3.53. The molecular weight excluding hydrogens is 325 g/mol. The molecule has 0 heterocycles. The van der Waals surface area contributed by atoms with E-state index in [-0.39, 0.29) is 5.91 Å². The largest absolute Gasteiger partial charge is 0.489 e. The van der Waals surface area contributed by atoms with E-state index in [1.807, 2.05) is 12.1 Å². The third kappa shape index (κ3) is 4.37. The standard InChI is InChI=1S/C16H15Cl2NO3/c1-21-8-9-22-15-5-3-2-4-14(15)19-16(20)11-6-7-12(17)13(18)10-11/h2-7,10H,8-9H2,1H3,(H,19,20). The van der Waals surface area contributed by atoms with Gasteiger partial charge >= 0.3 is 0 Å². The molecule has 0 saturated heterocycles. The first-order valence-electron chi connectivity index (χ1n) is 6.59. The van der Waals surface area contributed by atoms with E-state index in [1.54, 1.807) is 31.4 Å². The second kappa shape index (κ2) is 8.03. The number of rotatable bonds is 6. The van der Waals surface area contributed by atoms with Gasteiger partial charge in [0.05, 0.1) is 22.3 Å². The van der Waals surface area contributed by atoms with Crippen LogP contribution in [0, 0.1) is 0 Å². The number of ether oxygens (including phenoxy) is 2. The van der Waals surface area contributed by atoms with Gasteiger partial charge in [0.1, 0.15) is 12.4 Å². The van der Waals surface area contributed by atoms with Crippen LogP contribution in [0.15, 0.2) is 42.5 Å². The molecule has 0 bridgehead atoms. The van der Waals surface area contributed by atoms with E-state index in [4.69, 9.17) is 32.7 Å². The van der Waals surface area contributed by atoms with E-state index in [0.717, 1.165) is 0 Å². The van der Waals surface area contributed by atoms with Crippen LogP contribution in [0.1, 0.15) is 10.4 Å². The minimum atomic E-state index is -0.290. The Morgan fingerprint density at radius 3 is 2.59 bits per heavy atom. The second-order valence-electron chi connectivity index (χ2n) is 4.42. The molecule has 1 N–H and O–H groups in total. The molecule has 116 valence electrons. The van der Waals surface area contributed by atoms with E-state index in [2.05, 4.69) is 5.32 Å². The van der Waals surface area contributed by atoms with Gasteiger partial charge in [0.2, 0.25) is 0 Å². The maximum Gasteiger partial charge on any atom is 0.255 e. The lowest BCUT2D eigenvalue weighted by Crippen LogP contribution is -2.13. The molecule has 0 saturated carbocycles. The number of amides is 1. The molecule has 0 radical (unpaired) electrons. The first-order chi connectivity index (χ1) is 10.6. The maximum absolute atomic E-state index is 12.3. The quantitative estimate of drug-likeness (QED) is 0.799. The second-order valence-corrected chi connectivity index (χ2v) is 5.23. The van der Waals surface area contributed by atoms with Crippen molar-refractivity contribution in [3.63, 3.8) is 0 Å². The minimum Gasteiger partial charge on any atom is -0.489 e. The average Bonchev–Trinajstić information content (AvgIpc) is 2.52. The lowest BCUT2D eigenvalue weighted by Gasteiger charge is -2.12. The average molecular weight is 340 g/mol. The number of para-hydroxylation sites is 2. The highest BCUT2D eigenvalue weighted by Crippen LogP contribution is 2.26. The predicted molar refractivity (Wildman–Crippen MR) is 88.2 cm³/mol. The topological polar surface area (TPSA) is 47.6 Å². The van der Waals surface area contributed by atoms with E-state index < -0.39 is 0 Å². The van der Waals surface area contributed by atoms with Crippen molar-refractivity contribution in [2.45, 2.75) is 0 Å². The molecule has 0 spiro atoms. The fraction of sp³-hybridized carbons (Fsp3) is 0.188. The van der Waals surface area contributed by atoms with Crippen LogP contribution in [0.5, 0.6) is 5.75 Å². The lowest BCUT2D eigenvalue weighted by atomic mass is 10.2. The van der Waals surface area contributed by atoms with Gasteiger partial charge in [0.15, 0.2) is 0 Å². The zero-order valence-electron chi connectivity index (χ0n) is 11.9. The lowest BCUT2D eigenvalue weighted by molar-refractivity contribution is 0.102. The first kappa shape index (κ1) is 16.6. The van der Waals surface area contributed by atoms with Gasteiger partial charge in [-0.05, 0) is 30.3 Å². The first-order valence-corrected chi connectivity index (χ1v) is 7.34.